The minimum absolute atomic E-state index is 0.175. The summed E-state index contributed by atoms with van der Waals surface area (Å²) in [4.78, 5) is 10.9. The third kappa shape index (κ3) is 1.72. The molecular weight excluding hydrogens is 223 g/mol. The highest BCUT2D eigenvalue weighted by Crippen LogP contribution is 2.36. The average Bonchev–Trinajstić information content (AvgIpc) is 2.57. The van der Waals surface area contributed by atoms with E-state index in [2.05, 4.69) is 0 Å². The molecule has 0 radical (unpaired) electrons. The van der Waals surface area contributed by atoms with Gasteiger partial charge in [-0.05, 0) is 12.5 Å². The van der Waals surface area contributed by atoms with Crippen molar-refractivity contribution in [3.63, 3.8) is 0 Å². The SMILES string of the molecule is O=C1CC[C@H](c2cccc(Cl)c2Cl)O1. The quantitative estimate of drug-likeness (QED) is 0.692. The van der Waals surface area contributed by atoms with Crippen LogP contribution in [0.1, 0.15) is 24.5 Å². The Bertz CT molecular complexity index is 376. The molecule has 74 valence electrons. The largest absolute Gasteiger partial charge is 0.457 e. The molecule has 0 saturated carbocycles. The van der Waals surface area contributed by atoms with Gasteiger partial charge in [-0.25, -0.2) is 0 Å². The fraction of sp³-hybridized carbons (Fsp3) is 0.300. The molecule has 1 fully saturated rings. The van der Waals surface area contributed by atoms with Crippen LogP contribution in [0.15, 0.2) is 18.2 Å². The van der Waals surface area contributed by atoms with Gasteiger partial charge < -0.3 is 4.74 Å². The Labute approximate surface area is 91.8 Å². The maximum atomic E-state index is 10.9. The molecule has 1 aromatic rings. The maximum absolute atomic E-state index is 10.9. The van der Waals surface area contributed by atoms with E-state index < -0.39 is 0 Å². The van der Waals surface area contributed by atoms with Crippen LogP contribution in [0.2, 0.25) is 10.0 Å². The molecule has 1 saturated heterocycles. The van der Waals surface area contributed by atoms with E-state index in [1.807, 2.05) is 6.07 Å². The minimum Gasteiger partial charge on any atom is -0.457 e. The van der Waals surface area contributed by atoms with Gasteiger partial charge in [0.05, 0.1) is 10.0 Å². The van der Waals surface area contributed by atoms with Gasteiger partial charge in [-0.3, -0.25) is 4.79 Å². The predicted octanol–water partition coefficient (Wildman–Crippen LogP) is 3.37. The summed E-state index contributed by atoms with van der Waals surface area (Å²) in [7, 11) is 0. The van der Waals surface area contributed by atoms with E-state index in [1.165, 1.54) is 0 Å². The first-order valence-electron chi connectivity index (χ1n) is 4.32. The molecule has 0 bridgehead atoms. The summed E-state index contributed by atoms with van der Waals surface area (Å²) in [5.74, 6) is -0.175. The molecule has 14 heavy (non-hydrogen) atoms. The van der Waals surface area contributed by atoms with Gasteiger partial charge >= 0.3 is 5.97 Å². The number of ether oxygens (including phenoxy) is 1. The van der Waals surface area contributed by atoms with E-state index in [4.69, 9.17) is 27.9 Å². The lowest BCUT2D eigenvalue weighted by Gasteiger charge is -2.11. The van der Waals surface area contributed by atoms with Crippen molar-refractivity contribution in [3.8, 4) is 0 Å². The van der Waals surface area contributed by atoms with Crippen LogP contribution in [0, 0.1) is 0 Å². The van der Waals surface area contributed by atoms with Crippen LogP contribution in [0.4, 0.5) is 0 Å². The lowest BCUT2D eigenvalue weighted by Crippen LogP contribution is -1.99. The number of halogens is 2. The fourth-order valence-electron chi connectivity index (χ4n) is 1.51. The second-order valence-electron chi connectivity index (χ2n) is 3.16. The van der Waals surface area contributed by atoms with Crippen LogP contribution in [0.5, 0.6) is 0 Å². The zero-order valence-electron chi connectivity index (χ0n) is 7.30. The zero-order valence-corrected chi connectivity index (χ0v) is 8.81. The molecule has 2 nitrogen and oxygen atoms in total. The normalized spacial score (nSPS) is 21.0. The standard InChI is InChI=1S/C10H8Cl2O2/c11-7-3-1-2-6(10(7)12)8-4-5-9(13)14-8/h1-3,8H,4-5H2/t8-/m1/s1. The van der Waals surface area contributed by atoms with E-state index >= 15 is 0 Å². The summed E-state index contributed by atoms with van der Waals surface area (Å²) in [5.41, 5.74) is 0.796. The molecule has 0 N–H and O–H groups in total. The number of hydrogen-bond acceptors (Lipinski definition) is 2. The Morgan fingerprint density at radius 2 is 2.14 bits per heavy atom. The first kappa shape index (κ1) is 9.81. The van der Waals surface area contributed by atoms with Gasteiger partial charge in [-0.15, -0.1) is 0 Å². The Hall–Kier alpha value is -0.730. The van der Waals surface area contributed by atoms with E-state index in [0.717, 1.165) is 5.56 Å². The molecular formula is C10H8Cl2O2. The molecule has 2 rings (SSSR count). The van der Waals surface area contributed by atoms with E-state index in [0.29, 0.717) is 22.9 Å². The van der Waals surface area contributed by atoms with Gasteiger partial charge in [0, 0.05) is 12.0 Å². The highest BCUT2D eigenvalue weighted by Gasteiger charge is 2.26. The first-order chi connectivity index (χ1) is 6.68. The number of esters is 1. The number of benzene rings is 1. The molecule has 1 heterocycles. The Morgan fingerprint density at radius 3 is 2.79 bits per heavy atom. The molecule has 1 aliphatic heterocycles. The van der Waals surface area contributed by atoms with Crippen molar-refractivity contribution in [2.24, 2.45) is 0 Å². The topological polar surface area (TPSA) is 26.3 Å². The van der Waals surface area contributed by atoms with Crippen LogP contribution in [-0.2, 0) is 9.53 Å². The Balaban J connectivity index is 2.32. The van der Waals surface area contributed by atoms with Crippen LogP contribution >= 0.6 is 23.2 Å². The third-order valence-electron chi connectivity index (χ3n) is 2.21. The van der Waals surface area contributed by atoms with Gasteiger partial charge in [0.15, 0.2) is 0 Å². The van der Waals surface area contributed by atoms with Crippen molar-refractivity contribution in [1.82, 2.24) is 0 Å². The summed E-state index contributed by atoms with van der Waals surface area (Å²) in [6, 6.07) is 5.34. The minimum atomic E-state index is -0.228. The van der Waals surface area contributed by atoms with Crippen LogP contribution in [0.3, 0.4) is 0 Å². The number of carbonyl (C=O) groups is 1. The van der Waals surface area contributed by atoms with Gasteiger partial charge in [0.25, 0.3) is 0 Å². The lowest BCUT2D eigenvalue weighted by molar-refractivity contribution is -0.141. The number of carbonyl (C=O) groups excluding carboxylic acids is 1. The van der Waals surface area contributed by atoms with E-state index in [1.54, 1.807) is 12.1 Å². The van der Waals surface area contributed by atoms with Crippen LogP contribution in [0.25, 0.3) is 0 Å². The molecule has 1 atom stereocenters. The number of hydrogen-bond donors (Lipinski definition) is 0. The lowest BCUT2D eigenvalue weighted by atomic mass is 10.1. The van der Waals surface area contributed by atoms with Gasteiger partial charge in [0.1, 0.15) is 6.10 Å². The van der Waals surface area contributed by atoms with Crippen molar-refractivity contribution in [3.05, 3.63) is 33.8 Å². The van der Waals surface area contributed by atoms with E-state index in [9.17, 15) is 4.79 Å². The summed E-state index contributed by atoms with van der Waals surface area (Å²) >= 11 is 11.9. The fourth-order valence-corrected chi connectivity index (χ4v) is 1.94. The summed E-state index contributed by atoms with van der Waals surface area (Å²) in [6.45, 7) is 0. The molecule has 0 spiro atoms. The molecule has 0 aromatic heterocycles. The van der Waals surface area contributed by atoms with Crippen LogP contribution in [-0.4, -0.2) is 5.97 Å². The van der Waals surface area contributed by atoms with Crippen molar-refractivity contribution in [1.29, 1.82) is 0 Å². The number of cyclic esters (lactones) is 1. The van der Waals surface area contributed by atoms with Gasteiger partial charge in [-0.2, -0.15) is 0 Å². The number of rotatable bonds is 1. The monoisotopic (exact) mass is 230 g/mol. The van der Waals surface area contributed by atoms with Crippen molar-refractivity contribution in [2.45, 2.75) is 18.9 Å². The molecule has 1 aromatic carbocycles. The van der Waals surface area contributed by atoms with Gasteiger partial charge in [0.2, 0.25) is 0 Å². The summed E-state index contributed by atoms with van der Waals surface area (Å²) in [5, 5.41) is 0.973. The summed E-state index contributed by atoms with van der Waals surface area (Å²) < 4.78 is 5.10. The van der Waals surface area contributed by atoms with Crippen LogP contribution < -0.4 is 0 Å². The van der Waals surface area contributed by atoms with Crippen molar-refractivity contribution < 1.29 is 9.53 Å². The molecule has 0 amide bonds. The van der Waals surface area contributed by atoms with E-state index in [-0.39, 0.29) is 12.1 Å². The smallest absolute Gasteiger partial charge is 0.306 e. The molecule has 0 aliphatic carbocycles. The Kier molecular flexibility index (Phi) is 2.66. The molecule has 4 heteroatoms. The third-order valence-corrected chi connectivity index (χ3v) is 3.05. The molecule has 0 unspecified atom stereocenters. The first-order valence-corrected chi connectivity index (χ1v) is 5.07. The molecule has 1 aliphatic rings. The zero-order chi connectivity index (χ0) is 10.1. The Morgan fingerprint density at radius 1 is 1.36 bits per heavy atom. The highest BCUT2D eigenvalue weighted by molar-refractivity contribution is 6.42. The van der Waals surface area contributed by atoms with Crippen molar-refractivity contribution >= 4 is 29.2 Å². The maximum Gasteiger partial charge on any atom is 0.306 e. The predicted molar refractivity (Wildman–Crippen MR) is 54.5 cm³/mol. The second-order valence-corrected chi connectivity index (χ2v) is 3.95. The van der Waals surface area contributed by atoms with Crippen molar-refractivity contribution in [2.75, 3.05) is 0 Å². The average molecular weight is 231 g/mol. The van der Waals surface area contributed by atoms with Gasteiger partial charge in [-0.1, -0.05) is 35.3 Å². The second kappa shape index (κ2) is 3.79. The summed E-state index contributed by atoms with van der Waals surface area (Å²) in [6.07, 6.45) is 0.903. The highest BCUT2D eigenvalue weighted by atomic mass is 35.5.